The lowest BCUT2D eigenvalue weighted by atomic mass is 9.86. The zero-order valence-corrected chi connectivity index (χ0v) is 14.2. The lowest BCUT2D eigenvalue weighted by Crippen LogP contribution is -2.55. The number of piperidine rings is 2. The summed E-state index contributed by atoms with van der Waals surface area (Å²) in [5.41, 5.74) is 0. The number of carbonyl (C=O) groups is 1. The minimum absolute atomic E-state index is 0.322. The third-order valence-electron chi connectivity index (χ3n) is 5.99. The molecular formula is C18H33N3O. The van der Waals surface area contributed by atoms with Crippen molar-refractivity contribution < 1.29 is 4.79 Å². The smallest absolute Gasteiger partial charge is 0.226 e. The van der Waals surface area contributed by atoms with Crippen LogP contribution in [-0.2, 0) is 4.79 Å². The molecule has 126 valence electrons. The predicted molar refractivity (Wildman–Crippen MR) is 89.8 cm³/mol. The molecule has 0 spiro atoms. The maximum Gasteiger partial charge on any atom is 0.226 e. The molecule has 2 heterocycles. The fourth-order valence-corrected chi connectivity index (χ4v) is 4.58. The predicted octanol–water partition coefficient (Wildman–Crippen LogP) is 2.24. The molecule has 1 amide bonds. The van der Waals surface area contributed by atoms with Crippen LogP contribution in [0.2, 0.25) is 0 Å². The summed E-state index contributed by atoms with van der Waals surface area (Å²) < 4.78 is 0. The highest BCUT2D eigenvalue weighted by molar-refractivity contribution is 5.79. The second kappa shape index (κ2) is 7.78. The van der Waals surface area contributed by atoms with Crippen LogP contribution in [0.5, 0.6) is 0 Å². The summed E-state index contributed by atoms with van der Waals surface area (Å²) in [6, 6.07) is 0.984. The lowest BCUT2D eigenvalue weighted by Gasteiger charge is -2.45. The van der Waals surface area contributed by atoms with Crippen LogP contribution in [0, 0.1) is 5.92 Å². The van der Waals surface area contributed by atoms with Crippen molar-refractivity contribution in [3.05, 3.63) is 0 Å². The Kier molecular flexibility index (Phi) is 5.75. The highest BCUT2D eigenvalue weighted by atomic mass is 16.2. The second-order valence-corrected chi connectivity index (χ2v) is 7.60. The molecule has 3 fully saturated rings. The van der Waals surface area contributed by atoms with Gasteiger partial charge in [0.25, 0.3) is 0 Å². The summed E-state index contributed by atoms with van der Waals surface area (Å²) in [5, 5.41) is 3.45. The third kappa shape index (κ3) is 3.83. The zero-order chi connectivity index (χ0) is 15.4. The van der Waals surface area contributed by atoms with Crippen molar-refractivity contribution in [3.8, 4) is 0 Å². The standard InChI is InChI=1S/C18H33N3O/c1-20-13-9-17(10-14-20)21(16-7-11-19-12-8-16)18(22)15-5-3-2-4-6-15/h15-17,19H,2-14H2,1H3. The Bertz CT molecular complexity index is 353. The SMILES string of the molecule is CN1CCC(N(C(=O)C2CCCCC2)C2CCNCC2)CC1. The van der Waals surface area contributed by atoms with Crippen molar-refractivity contribution in [1.29, 1.82) is 0 Å². The molecule has 3 aliphatic rings. The summed E-state index contributed by atoms with van der Waals surface area (Å²) in [4.78, 5) is 18.1. The molecule has 4 heteroatoms. The third-order valence-corrected chi connectivity index (χ3v) is 5.99. The Morgan fingerprint density at radius 2 is 1.50 bits per heavy atom. The van der Waals surface area contributed by atoms with Crippen molar-refractivity contribution in [2.24, 2.45) is 5.92 Å². The number of nitrogens with zero attached hydrogens (tertiary/aromatic N) is 2. The fraction of sp³-hybridized carbons (Fsp3) is 0.944. The largest absolute Gasteiger partial charge is 0.336 e. The minimum Gasteiger partial charge on any atom is -0.336 e. The van der Waals surface area contributed by atoms with E-state index in [4.69, 9.17) is 0 Å². The number of rotatable bonds is 3. The van der Waals surface area contributed by atoms with Crippen molar-refractivity contribution in [2.45, 2.75) is 69.9 Å². The summed E-state index contributed by atoms with van der Waals surface area (Å²) in [6.07, 6.45) is 10.7. The Labute approximate surface area is 135 Å². The van der Waals surface area contributed by atoms with Crippen LogP contribution in [0.1, 0.15) is 57.8 Å². The van der Waals surface area contributed by atoms with Crippen LogP contribution in [-0.4, -0.2) is 61.0 Å². The van der Waals surface area contributed by atoms with Gasteiger partial charge >= 0.3 is 0 Å². The van der Waals surface area contributed by atoms with Gasteiger partial charge in [-0.3, -0.25) is 4.79 Å². The number of hydrogen-bond acceptors (Lipinski definition) is 3. The average Bonchev–Trinajstić information content (AvgIpc) is 2.58. The first-order valence-electron chi connectivity index (χ1n) is 9.47. The van der Waals surface area contributed by atoms with E-state index in [1.54, 1.807) is 0 Å². The van der Waals surface area contributed by atoms with Crippen molar-refractivity contribution in [2.75, 3.05) is 33.2 Å². The van der Waals surface area contributed by atoms with Gasteiger partial charge in [0, 0.05) is 18.0 Å². The highest BCUT2D eigenvalue weighted by Gasteiger charge is 2.36. The normalized spacial score (nSPS) is 27.0. The number of carbonyl (C=O) groups excluding carboxylic acids is 1. The summed E-state index contributed by atoms with van der Waals surface area (Å²) in [7, 11) is 2.20. The van der Waals surface area contributed by atoms with Crippen LogP contribution in [0.15, 0.2) is 0 Å². The topological polar surface area (TPSA) is 35.6 Å². The highest BCUT2D eigenvalue weighted by Crippen LogP contribution is 2.30. The van der Waals surface area contributed by atoms with Gasteiger partial charge in [-0.25, -0.2) is 0 Å². The molecule has 0 aromatic rings. The van der Waals surface area contributed by atoms with Gasteiger partial charge in [0.2, 0.25) is 5.91 Å². The Hall–Kier alpha value is -0.610. The first-order chi connectivity index (χ1) is 10.8. The fourth-order valence-electron chi connectivity index (χ4n) is 4.58. The number of nitrogens with one attached hydrogen (secondary N) is 1. The van der Waals surface area contributed by atoms with E-state index in [0.29, 0.717) is 23.9 Å². The molecule has 0 radical (unpaired) electrons. The van der Waals surface area contributed by atoms with E-state index < -0.39 is 0 Å². The van der Waals surface area contributed by atoms with Gasteiger partial charge in [-0.15, -0.1) is 0 Å². The van der Waals surface area contributed by atoms with E-state index in [9.17, 15) is 4.79 Å². The van der Waals surface area contributed by atoms with Gasteiger partial charge in [-0.05, 0) is 71.8 Å². The van der Waals surface area contributed by atoms with E-state index >= 15 is 0 Å². The molecule has 2 aliphatic heterocycles. The molecule has 4 nitrogen and oxygen atoms in total. The van der Waals surface area contributed by atoms with E-state index in [1.165, 1.54) is 32.1 Å². The summed E-state index contributed by atoms with van der Waals surface area (Å²) in [6.45, 7) is 4.44. The van der Waals surface area contributed by atoms with Gasteiger partial charge in [0.1, 0.15) is 0 Å². The second-order valence-electron chi connectivity index (χ2n) is 7.60. The molecule has 0 atom stereocenters. The van der Waals surface area contributed by atoms with E-state index in [2.05, 4.69) is 22.2 Å². The molecule has 2 saturated heterocycles. The lowest BCUT2D eigenvalue weighted by molar-refractivity contribution is -0.143. The first kappa shape index (κ1) is 16.3. The van der Waals surface area contributed by atoms with Crippen LogP contribution in [0.25, 0.3) is 0 Å². The van der Waals surface area contributed by atoms with Gasteiger partial charge in [-0.1, -0.05) is 19.3 Å². The van der Waals surface area contributed by atoms with Crippen LogP contribution in [0.3, 0.4) is 0 Å². The van der Waals surface area contributed by atoms with Crippen molar-refractivity contribution in [1.82, 2.24) is 15.1 Å². The van der Waals surface area contributed by atoms with E-state index in [-0.39, 0.29) is 0 Å². The van der Waals surface area contributed by atoms with Gasteiger partial charge < -0.3 is 15.1 Å². The number of amides is 1. The minimum atomic E-state index is 0.322. The molecule has 1 N–H and O–H groups in total. The molecule has 0 unspecified atom stereocenters. The Morgan fingerprint density at radius 3 is 2.14 bits per heavy atom. The van der Waals surface area contributed by atoms with Gasteiger partial charge in [-0.2, -0.15) is 0 Å². The van der Waals surface area contributed by atoms with Crippen molar-refractivity contribution >= 4 is 5.91 Å². The van der Waals surface area contributed by atoms with Gasteiger partial charge in [0.15, 0.2) is 0 Å². The quantitative estimate of drug-likeness (QED) is 0.868. The zero-order valence-electron chi connectivity index (χ0n) is 14.2. The van der Waals surface area contributed by atoms with Gasteiger partial charge in [0.05, 0.1) is 0 Å². The van der Waals surface area contributed by atoms with E-state index in [1.807, 2.05) is 0 Å². The Morgan fingerprint density at radius 1 is 0.909 bits per heavy atom. The molecule has 3 rings (SSSR count). The molecule has 22 heavy (non-hydrogen) atoms. The summed E-state index contributed by atoms with van der Waals surface area (Å²) in [5.74, 6) is 0.824. The van der Waals surface area contributed by atoms with Crippen LogP contribution >= 0.6 is 0 Å². The monoisotopic (exact) mass is 307 g/mol. The molecule has 0 aromatic heterocycles. The first-order valence-corrected chi connectivity index (χ1v) is 9.47. The molecule has 0 bridgehead atoms. The van der Waals surface area contributed by atoms with Crippen LogP contribution < -0.4 is 5.32 Å². The van der Waals surface area contributed by atoms with Crippen molar-refractivity contribution in [3.63, 3.8) is 0 Å². The number of hydrogen-bond donors (Lipinski definition) is 1. The summed E-state index contributed by atoms with van der Waals surface area (Å²) >= 11 is 0. The van der Waals surface area contributed by atoms with Crippen LogP contribution in [0.4, 0.5) is 0 Å². The molecule has 1 saturated carbocycles. The Balaban J connectivity index is 1.70. The maximum atomic E-state index is 13.3. The molecule has 1 aliphatic carbocycles. The maximum absolute atomic E-state index is 13.3. The van der Waals surface area contributed by atoms with E-state index in [0.717, 1.165) is 51.9 Å². The number of likely N-dealkylation sites (tertiary alicyclic amines) is 1. The molecular weight excluding hydrogens is 274 g/mol. The average molecular weight is 307 g/mol. The molecule has 0 aromatic carbocycles.